The van der Waals surface area contributed by atoms with E-state index in [0.717, 1.165) is 10.2 Å². The molecule has 0 spiro atoms. The van der Waals surface area contributed by atoms with Gasteiger partial charge in [-0.25, -0.2) is 8.42 Å². The van der Waals surface area contributed by atoms with Crippen molar-refractivity contribution in [2.24, 2.45) is 0 Å². The van der Waals surface area contributed by atoms with Crippen molar-refractivity contribution in [3.8, 4) is 0 Å². The Kier molecular flexibility index (Phi) is 5.29. The zero-order valence-corrected chi connectivity index (χ0v) is 13.9. The second kappa shape index (κ2) is 6.99. The van der Waals surface area contributed by atoms with E-state index in [-0.39, 0.29) is 10.0 Å². The first-order valence-electron chi connectivity index (χ1n) is 5.87. The maximum absolute atomic E-state index is 12.0. The van der Waals surface area contributed by atoms with E-state index >= 15 is 0 Å². The molecule has 0 atom stereocenters. The quantitative estimate of drug-likeness (QED) is 0.557. The molecule has 8 heteroatoms. The molecule has 0 radical (unpaired) electrons. The number of sulfonamides is 1. The van der Waals surface area contributed by atoms with Gasteiger partial charge in [0, 0.05) is 4.47 Å². The molecule has 5 nitrogen and oxygen atoms in total. The summed E-state index contributed by atoms with van der Waals surface area (Å²) in [6.07, 6.45) is 0. The molecule has 110 valence electrons. The molecule has 21 heavy (non-hydrogen) atoms. The van der Waals surface area contributed by atoms with Gasteiger partial charge in [0.2, 0.25) is 0 Å². The van der Waals surface area contributed by atoms with Gasteiger partial charge >= 0.3 is 0 Å². The van der Waals surface area contributed by atoms with Crippen LogP contribution >= 0.6 is 28.1 Å². The normalized spacial score (nSPS) is 10.9. The zero-order valence-electron chi connectivity index (χ0n) is 10.7. The summed E-state index contributed by atoms with van der Waals surface area (Å²) in [6.45, 7) is 0. The topological polar surface area (TPSA) is 70.2 Å². The van der Waals surface area contributed by atoms with Crippen LogP contribution in [0.3, 0.4) is 0 Å². The van der Waals surface area contributed by atoms with Gasteiger partial charge in [-0.05, 0) is 52.4 Å². The molecule has 0 aliphatic heterocycles. The molecule has 2 aromatic rings. The van der Waals surface area contributed by atoms with Crippen LogP contribution in [0.1, 0.15) is 0 Å². The maximum Gasteiger partial charge on any atom is 0.257 e. The summed E-state index contributed by atoms with van der Waals surface area (Å²) in [4.78, 5) is 2.37. The average Bonchev–Trinajstić information content (AvgIpc) is 2.49. The average molecular weight is 386 g/mol. The molecule has 0 amide bonds. The first kappa shape index (κ1) is 15.9. The molecule has 3 N–H and O–H groups in total. The standard InChI is InChI=1S/C13H12BrN3O2S2/c14-11-8-4-5-9-12(11)15-13(20)16-17-21(18,19)10-6-2-1-3-7-10/h1-9,17H,(H2,15,16,20). The van der Waals surface area contributed by atoms with Crippen LogP contribution in [-0.4, -0.2) is 13.5 Å². The minimum Gasteiger partial charge on any atom is -0.331 e. The Morgan fingerprint density at radius 3 is 2.29 bits per heavy atom. The third kappa shape index (κ3) is 4.50. The lowest BCUT2D eigenvalue weighted by Crippen LogP contribution is -2.43. The van der Waals surface area contributed by atoms with Crippen molar-refractivity contribution >= 4 is 49.0 Å². The number of hydrazine groups is 1. The van der Waals surface area contributed by atoms with E-state index in [1.54, 1.807) is 18.2 Å². The molecule has 0 aliphatic carbocycles. The first-order chi connectivity index (χ1) is 9.99. The molecular weight excluding hydrogens is 374 g/mol. The minimum absolute atomic E-state index is 0.140. The van der Waals surface area contributed by atoms with Crippen LogP contribution in [0.25, 0.3) is 0 Å². The summed E-state index contributed by atoms with van der Waals surface area (Å²) >= 11 is 8.41. The Balaban J connectivity index is 1.97. The van der Waals surface area contributed by atoms with Gasteiger partial charge in [0.25, 0.3) is 10.0 Å². The lowest BCUT2D eigenvalue weighted by molar-refractivity contribution is 0.578. The van der Waals surface area contributed by atoms with E-state index in [4.69, 9.17) is 12.2 Å². The molecule has 2 rings (SSSR count). The number of hydrogen-bond donors (Lipinski definition) is 3. The lowest BCUT2D eigenvalue weighted by Gasteiger charge is -2.12. The van der Waals surface area contributed by atoms with Gasteiger partial charge < -0.3 is 5.32 Å². The van der Waals surface area contributed by atoms with Crippen LogP contribution in [0.15, 0.2) is 64.0 Å². The van der Waals surface area contributed by atoms with Gasteiger partial charge in [0.15, 0.2) is 5.11 Å². The van der Waals surface area contributed by atoms with E-state index in [1.165, 1.54) is 12.1 Å². The predicted molar refractivity (Wildman–Crippen MR) is 90.3 cm³/mol. The van der Waals surface area contributed by atoms with Crippen LogP contribution in [0, 0.1) is 0 Å². The summed E-state index contributed by atoms with van der Waals surface area (Å²) in [6, 6.07) is 15.4. The maximum atomic E-state index is 12.0. The highest BCUT2D eigenvalue weighted by Crippen LogP contribution is 2.20. The highest BCUT2D eigenvalue weighted by Gasteiger charge is 2.13. The van der Waals surface area contributed by atoms with Gasteiger partial charge in [-0.15, -0.1) is 4.83 Å². The van der Waals surface area contributed by atoms with E-state index in [0.29, 0.717) is 0 Å². The molecule has 2 aromatic carbocycles. The molecule has 0 bridgehead atoms. The predicted octanol–water partition coefficient (Wildman–Crippen LogP) is 2.63. The first-order valence-corrected chi connectivity index (χ1v) is 8.56. The molecule has 0 fully saturated rings. The number of hydrogen-bond acceptors (Lipinski definition) is 3. The van der Waals surface area contributed by atoms with Crippen LogP contribution in [0.2, 0.25) is 0 Å². The van der Waals surface area contributed by atoms with Gasteiger partial charge in [0.05, 0.1) is 10.6 Å². The molecule has 0 aliphatic rings. The van der Waals surface area contributed by atoms with Crippen molar-refractivity contribution in [1.29, 1.82) is 0 Å². The lowest BCUT2D eigenvalue weighted by atomic mass is 10.3. The number of rotatable bonds is 4. The number of thiocarbonyl (C=S) groups is 1. The molecular formula is C13H12BrN3O2S2. The van der Waals surface area contributed by atoms with Gasteiger partial charge in [-0.2, -0.15) is 0 Å². The van der Waals surface area contributed by atoms with Crippen molar-refractivity contribution in [2.45, 2.75) is 4.90 Å². The number of benzene rings is 2. The van der Waals surface area contributed by atoms with Crippen LogP contribution in [-0.2, 0) is 10.0 Å². The fourth-order valence-electron chi connectivity index (χ4n) is 1.49. The second-order valence-electron chi connectivity index (χ2n) is 3.98. The number of halogens is 1. The van der Waals surface area contributed by atoms with Crippen molar-refractivity contribution in [3.63, 3.8) is 0 Å². The summed E-state index contributed by atoms with van der Waals surface area (Å²) < 4.78 is 24.8. The minimum atomic E-state index is -3.66. The summed E-state index contributed by atoms with van der Waals surface area (Å²) in [7, 11) is -3.66. The van der Waals surface area contributed by atoms with Crippen molar-refractivity contribution in [1.82, 2.24) is 10.3 Å². The summed E-state index contributed by atoms with van der Waals surface area (Å²) in [5.41, 5.74) is 3.19. The van der Waals surface area contributed by atoms with Crippen LogP contribution < -0.4 is 15.6 Å². The largest absolute Gasteiger partial charge is 0.331 e. The van der Waals surface area contributed by atoms with E-state index in [1.807, 2.05) is 24.3 Å². The van der Waals surface area contributed by atoms with Gasteiger partial charge in [-0.3, -0.25) is 5.43 Å². The van der Waals surface area contributed by atoms with Crippen LogP contribution in [0.5, 0.6) is 0 Å². The smallest absolute Gasteiger partial charge is 0.257 e. The summed E-state index contributed by atoms with van der Waals surface area (Å²) in [5, 5.41) is 3.02. The third-order valence-corrected chi connectivity index (χ3v) is 4.63. The monoisotopic (exact) mass is 385 g/mol. The third-order valence-electron chi connectivity index (χ3n) is 2.47. The second-order valence-corrected chi connectivity index (χ2v) is 6.92. The van der Waals surface area contributed by atoms with E-state index < -0.39 is 10.0 Å². The number of para-hydroxylation sites is 1. The Labute approximate surface area is 136 Å². The Bertz CT molecular complexity index is 736. The molecule has 0 aromatic heterocycles. The Hall–Kier alpha value is -1.48. The Morgan fingerprint density at radius 2 is 1.62 bits per heavy atom. The molecule has 0 saturated carbocycles. The molecule has 0 heterocycles. The number of anilines is 1. The van der Waals surface area contributed by atoms with Gasteiger partial charge in [0.1, 0.15) is 0 Å². The van der Waals surface area contributed by atoms with E-state index in [2.05, 4.69) is 31.5 Å². The van der Waals surface area contributed by atoms with Crippen molar-refractivity contribution in [2.75, 3.05) is 5.32 Å². The zero-order chi connectivity index (χ0) is 15.3. The fraction of sp³-hybridized carbons (Fsp3) is 0. The SMILES string of the molecule is O=S(=O)(NNC(=S)Nc1ccccc1Br)c1ccccc1. The van der Waals surface area contributed by atoms with E-state index in [9.17, 15) is 8.42 Å². The Morgan fingerprint density at radius 1 is 1.00 bits per heavy atom. The highest BCUT2D eigenvalue weighted by molar-refractivity contribution is 9.10. The van der Waals surface area contributed by atoms with Crippen LogP contribution in [0.4, 0.5) is 5.69 Å². The number of nitrogens with one attached hydrogen (secondary N) is 3. The summed E-state index contributed by atoms with van der Waals surface area (Å²) in [5.74, 6) is 0. The fourth-order valence-corrected chi connectivity index (χ4v) is 2.97. The van der Waals surface area contributed by atoms with Gasteiger partial charge in [-0.1, -0.05) is 30.3 Å². The molecule has 0 unspecified atom stereocenters. The molecule has 0 saturated heterocycles. The highest BCUT2D eigenvalue weighted by atomic mass is 79.9. The van der Waals surface area contributed by atoms with Crippen molar-refractivity contribution < 1.29 is 8.42 Å². The van der Waals surface area contributed by atoms with Crippen molar-refractivity contribution in [3.05, 3.63) is 59.1 Å².